The number of hydrogen-bond donors (Lipinski definition) is 0. The number of nitrogens with zero attached hydrogens (tertiary/aromatic N) is 1. The van der Waals surface area contributed by atoms with Crippen LogP contribution in [0.15, 0.2) is 85.0 Å². The number of allylic oxidation sites excluding steroid dienone is 2. The Bertz CT molecular complexity index is 922. The van der Waals surface area contributed by atoms with E-state index in [0.29, 0.717) is 0 Å². The van der Waals surface area contributed by atoms with Crippen molar-refractivity contribution in [3.8, 4) is 0 Å². The first kappa shape index (κ1) is 43.0. The van der Waals surface area contributed by atoms with Gasteiger partial charge in [-0.25, -0.2) is 0 Å². The van der Waals surface area contributed by atoms with Crippen molar-refractivity contribution in [2.24, 2.45) is 0 Å². The van der Waals surface area contributed by atoms with E-state index >= 15 is 0 Å². The summed E-state index contributed by atoms with van der Waals surface area (Å²) < 4.78 is 1.12. The molecule has 0 amide bonds. The molecule has 1 heteroatoms. The molecule has 276 valence electrons. The SMILES string of the molecule is CCCCCCCCCCCCC/C=C/CC[N+](CC/C=C/CCCCCCCCCCCCC)(Cc1ccccc1)Cc1ccccc1. The van der Waals surface area contributed by atoms with Crippen LogP contribution >= 0.6 is 0 Å². The zero-order chi connectivity index (χ0) is 34.8. The topological polar surface area (TPSA) is 0 Å². The molecule has 0 bridgehead atoms. The van der Waals surface area contributed by atoms with E-state index < -0.39 is 0 Å². The average molecular weight is 671 g/mol. The Kier molecular flexibility index (Phi) is 28.0. The largest absolute Gasteiger partial charge is 0.316 e. The summed E-state index contributed by atoms with van der Waals surface area (Å²) >= 11 is 0. The molecule has 2 aromatic rings. The molecule has 0 N–H and O–H groups in total. The fraction of sp³-hybridized carbons (Fsp3) is 0.667. The quantitative estimate of drug-likeness (QED) is 0.0395. The van der Waals surface area contributed by atoms with E-state index in [-0.39, 0.29) is 0 Å². The van der Waals surface area contributed by atoms with Gasteiger partial charge in [0.2, 0.25) is 0 Å². The molecule has 0 aliphatic rings. The molecule has 0 saturated carbocycles. The number of hydrogen-bond acceptors (Lipinski definition) is 0. The Hall–Kier alpha value is -2.12. The van der Waals surface area contributed by atoms with Crippen LogP contribution in [0.4, 0.5) is 0 Å². The fourth-order valence-corrected chi connectivity index (χ4v) is 7.45. The summed E-state index contributed by atoms with van der Waals surface area (Å²) in [6.07, 6.45) is 46.0. The highest BCUT2D eigenvalue weighted by Gasteiger charge is 2.27. The zero-order valence-corrected chi connectivity index (χ0v) is 32.7. The maximum atomic E-state index is 2.50. The lowest BCUT2D eigenvalue weighted by atomic mass is 10.0. The fourth-order valence-electron chi connectivity index (χ4n) is 7.45. The van der Waals surface area contributed by atoms with Crippen LogP contribution in [0.3, 0.4) is 0 Å². The molecule has 0 radical (unpaired) electrons. The Labute approximate surface area is 306 Å². The Morgan fingerprint density at radius 1 is 0.347 bits per heavy atom. The summed E-state index contributed by atoms with van der Waals surface area (Å²) in [6.45, 7) is 9.22. The van der Waals surface area contributed by atoms with E-state index in [1.54, 1.807) is 0 Å². The number of rotatable bonds is 34. The summed E-state index contributed by atoms with van der Waals surface area (Å²) in [5.41, 5.74) is 2.93. The van der Waals surface area contributed by atoms with E-state index in [4.69, 9.17) is 0 Å². The van der Waals surface area contributed by atoms with E-state index in [2.05, 4.69) is 98.8 Å². The predicted molar refractivity (Wildman–Crippen MR) is 220 cm³/mol. The highest BCUT2D eigenvalue weighted by molar-refractivity contribution is 5.15. The summed E-state index contributed by atoms with van der Waals surface area (Å²) in [6, 6.07) is 22.5. The normalized spacial score (nSPS) is 12.1. The van der Waals surface area contributed by atoms with Crippen molar-refractivity contribution >= 4 is 0 Å². The molecule has 0 aliphatic carbocycles. The van der Waals surface area contributed by atoms with Gasteiger partial charge in [0, 0.05) is 24.0 Å². The minimum absolute atomic E-state index is 1.11. The second-order valence-electron chi connectivity index (χ2n) is 15.2. The molecule has 49 heavy (non-hydrogen) atoms. The van der Waals surface area contributed by atoms with Crippen molar-refractivity contribution < 1.29 is 4.48 Å². The Morgan fingerprint density at radius 2 is 0.633 bits per heavy atom. The van der Waals surface area contributed by atoms with Crippen LogP contribution in [-0.2, 0) is 13.1 Å². The first-order valence-electron chi connectivity index (χ1n) is 21.5. The molecule has 2 aromatic carbocycles. The van der Waals surface area contributed by atoms with Crippen LogP contribution < -0.4 is 0 Å². The third kappa shape index (κ3) is 24.6. The van der Waals surface area contributed by atoms with Crippen molar-refractivity contribution in [3.63, 3.8) is 0 Å². The highest BCUT2D eigenvalue weighted by Crippen LogP contribution is 2.23. The van der Waals surface area contributed by atoms with Gasteiger partial charge in [0.15, 0.2) is 0 Å². The average Bonchev–Trinajstić information content (AvgIpc) is 3.12. The number of benzene rings is 2. The standard InChI is InChI=1S/C48H80N/c1-3-5-7-9-11-13-15-17-19-21-23-25-27-29-37-43-49(45-47-39-33-31-34-40-47,46-48-41-35-32-36-42-48)44-38-30-28-26-24-22-20-18-16-14-12-10-8-6-4-2/h27-36,39-42H,3-26,37-38,43-46H2,1-2H3/q+1/b29-27+,30-28+. The highest BCUT2D eigenvalue weighted by atomic mass is 15.3. The van der Waals surface area contributed by atoms with Crippen LogP contribution in [0, 0.1) is 0 Å². The second-order valence-corrected chi connectivity index (χ2v) is 15.2. The third-order valence-electron chi connectivity index (χ3n) is 10.5. The van der Waals surface area contributed by atoms with Gasteiger partial charge in [-0.3, -0.25) is 0 Å². The maximum absolute atomic E-state index is 2.50. The molecule has 0 aliphatic heterocycles. The third-order valence-corrected chi connectivity index (χ3v) is 10.5. The zero-order valence-electron chi connectivity index (χ0n) is 32.7. The molecule has 0 spiro atoms. The molecule has 0 fully saturated rings. The van der Waals surface area contributed by atoms with Gasteiger partial charge in [0.1, 0.15) is 13.1 Å². The van der Waals surface area contributed by atoms with E-state index in [9.17, 15) is 0 Å². The summed E-state index contributed by atoms with van der Waals surface area (Å²) in [5.74, 6) is 0. The van der Waals surface area contributed by atoms with Crippen molar-refractivity contribution in [1.82, 2.24) is 0 Å². The number of quaternary nitrogens is 1. The van der Waals surface area contributed by atoms with E-state index in [0.717, 1.165) is 17.6 Å². The van der Waals surface area contributed by atoms with Crippen molar-refractivity contribution in [2.75, 3.05) is 13.1 Å². The molecule has 0 saturated heterocycles. The molecule has 1 nitrogen and oxygen atoms in total. The first-order valence-corrected chi connectivity index (χ1v) is 21.5. The molecule has 0 unspecified atom stereocenters. The molecular formula is C48H80N+. The van der Waals surface area contributed by atoms with Gasteiger partial charge in [0.05, 0.1) is 13.1 Å². The van der Waals surface area contributed by atoms with Crippen LogP contribution in [0.25, 0.3) is 0 Å². The van der Waals surface area contributed by atoms with Crippen LogP contribution in [0.5, 0.6) is 0 Å². The van der Waals surface area contributed by atoms with E-state index in [1.165, 1.54) is 191 Å². The lowest BCUT2D eigenvalue weighted by Gasteiger charge is -2.39. The van der Waals surface area contributed by atoms with Crippen LogP contribution in [0.1, 0.15) is 192 Å². The van der Waals surface area contributed by atoms with Gasteiger partial charge < -0.3 is 4.48 Å². The van der Waals surface area contributed by atoms with Gasteiger partial charge in [-0.15, -0.1) is 0 Å². The molecule has 0 heterocycles. The van der Waals surface area contributed by atoms with Crippen LogP contribution in [0.2, 0.25) is 0 Å². The van der Waals surface area contributed by atoms with Gasteiger partial charge in [-0.05, 0) is 25.7 Å². The minimum Gasteiger partial charge on any atom is -0.316 e. The Balaban J connectivity index is 1.77. The van der Waals surface area contributed by atoms with Gasteiger partial charge in [-0.2, -0.15) is 0 Å². The first-order chi connectivity index (χ1) is 24.3. The summed E-state index contributed by atoms with van der Waals surface area (Å²) in [7, 11) is 0. The molecule has 2 rings (SSSR count). The molecular weight excluding hydrogens is 591 g/mol. The maximum Gasteiger partial charge on any atom is 0.105 e. The summed E-state index contributed by atoms with van der Waals surface area (Å²) in [5, 5.41) is 0. The lowest BCUT2D eigenvalue weighted by molar-refractivity contribution is -0.953. The summed E-state index contributed by atoms with van der Waals surface area (Å²) in [4.78, 5) is 0. The van der Waals surface area contributed by atoms with Crippen LogP contribution in [-0.4, -0.2) is 17.6 Å². The monoisotopic (exact) mass is 671 g/mol. The van der Waals surface area contributed by atoms with Crippen molar-refractivity contribution in [3.05, 3.63) is 96.1 Å². The van der Waals surface area contributed by atoms with Crippen molar-refractivity contribution in [1.29, 1.82) is 0 Å². The van der Waals surface area contributed by atoms with Gasteiger partial charge in [0.25, 0.3) is 0 Å². The molecule has 0 atom stereocenters. The van der Waals surface area contributed by atoms with Gasteiger partial charge in [-0.1, -0.05) is 227 Å². The molecule has 0 aromatic heterocycles. The number of unbranched alkanes of at least 4 members (excludes halogenated alkanes) is 22. The van der Waals surface area contributed by atoms with E-state index in [1.807, 2.05) is 0 Å². The Morgan fingerprint density at radius 3 is 0.959 bits per heavy atom. The van der Waals surface area contributed by atoms with Crippen molar-refractivity contribution in [2.45, 2.75) is 194 Å². The van der Waals surface area contributed by atoms with Gasteiger partial charge >= 0.3 is 0 Å². The second kappa shape index (κ2) is 31.8. The smallest absolute Gasteiger partial charge is 0.105 e. The predicted octanol–water partition coefficient (Wildman–Crippen LogP) is 15.5. The lowest BCUT2D eigenvalue weighted by Crippen LogP contribution is -2.47. The minimum atomic E-state index is 1.11.